The predicted molar refractivity (Wildman–Crippen MR) is 81.5 cm³/mol. The highest BCUT2D eigenvalue weighted by Crippen LogP contribution is 2.13. The Hall–Kier alpha value is -0.0831. The Bertz CT molecular complexity index is 207. The number of hydrogen-bond donors (Lipinski definition) is 0. The van der Waals surface area contributed by atoms with Gasteiger partial charge in [0.25, 0.3) is 0 Å². The maximum Gasteiger partial charge on any atom is 0.0521 e. The molecule has 1 nitrogen and oxygen atoms in total. The van der Waals surface area contributed by atoms with E-state index in [-0.39, 0.29) is 0 Å². The smallest absolute Gasteiger partial charge is 0.0521 e. The first-order chi connectivity index (χ1) is 7.91. The molecule has 0 aromatic heterocycles. The van der Waals surface area contributed by atoms with Crippen molar-refractivity contribution in [2.75, 3.05) is 6.61 Å². The third kappa shape index (κ3) is 12.2. The molecule has 0 amide bonds. The quantitative estimate of drug-likeness (QED) is 0.431. The summed E-state index contributed by atoms with van der Waals surface area (Å²) in [4.78, 5) is 0. The van der Waals surface area contributed by atoms with Crippen molar-refractivity contribution in [2.45, 2.75) is 72.2 Å². The summed E-state index contributed by atoms with van der Waals surface area (Å²) in [5.41, 5.74) is 1.43. The lowest BCUT2D eigenvalue weighted by molar-refractivity contribution is 0.0688. The zero-order valence-electron chi connectivity index (χ0n) is 12.8. The second kappa shape index (κ2) is 9.90. The topological polar surface area (TPSA) is 9.23 Å². The summed E-state index contributed by atoms with van der Waals surface area (Å²) in [5.74, 6) is 0.786. The van der Waals surface area contributed by atoms with Gasteiger partial charge in [0.1, 0.15) is 0 Å². The van der Waals surface area contributed by atoms with Crippen molar-refractivity contribution >= 4 is 8.80 Å². The fraction of sp³-hybridized carbons (Fsp3) is 0.867. The van der Waals surface area contributed by atoms with Gasteiger partial charge in [-0.05, 0) is 52.0 Å². The normalized spacial score (nSPS) is 14.8. The van der Waals surface area contributed by atoms with Crippen LogP contribution in [0.5, 0.6) is 0 Å². The molecule has 2 heteroatoms. The minimum atomic E-state index is -0.458. The van der Waals surface area contributed by atoms with Crippen LogP contribution in [-0.4, -0.2) is 21.5 Å². The third-order valence-electron chi connectivity index (χ3n) is 3.03. The van der Waals surface area contributed by atoms with E-state index in [1.54, 1.807) is 0 Å². The Morgan fingerprint density at radius 1 is 1.18 bits per heavy atom. The van der Waals surface area contributed by atoms with Gasteiger partial charge in [0.15, 0.2) is 0 Å². The van der Waals surface area contributed by atoms with E-state index >= 15 is 0 Å². The van der Waals surface area contributed by atoms with Crippen molar-refractivity contribution in [1.29, 1.82) is 0 Å². The molecule has 0 radical (unpaired) electrons. The molecule has 0 spiro atoms. The van der Waals surface area contributed by atoms with Crippen LogP contribution in [0.2, 0.25) is 19.1 Å². The van der Waals surface area contributed by atoms with Crippen LogP contribution in [0.15, 0.2) is 11.6 Å². The van der Waals surface area contributed by atoms with Gasteiger partial charge in [-0.1, -0.05) is 31.7 Å². The maximum atomic E-state index is 5.87. The van der Waals surface area contributed by atoms with Crippen LogP contribution in [0.4, 0.5) is 0 Å². The van der Waals surface area contributed by atoms with Crippen LogP contribution in [0.1, 0.15) is 47.0 Å². The second-order valence-electron chi connectivity index (χ2n) is 6.06. The number of rotatable bonds is 9. The minimum absolute atomic E-state index is 0.458. The highest BCUT2D eigenvalue weighted by Gasteiger charge is 2.07. The minimum Gasteiger partial charge on any atom is -0.379 e. The first-order valence-corrected chi connectivity index (χ1v) is 10.3. The summed E-state index contributed by atoms with van der Waals surface area (Å²) in [7, 11) is -0.458. The van der Waals surface area contributed by atoms with E-state index in [1.807, 2.05) is 0 Å². The Morgan fingerprint density at radius 3 is 2.35 bits per heavy atom. The summed E-state index contributed by atoms with van der Waals surface area (Å²) in [5, 5.41) is 0. The molecule has 2 atom stereocenters. The van der Waals surface area contributed by atoms with Crippen molar-refractivity contribution in [2.24, 2.45) is 5.92 Å². The molecule has 0 fully saturated rings. The monoisotopic (exact) mass is 256 g/mol. The lowest BCUT2D eigenvalue weighted by Crippen LogP contribution is -2.16. The molecule has 0 rings (SSSR count). The summed E-state index contributed by atoms with van der Waals surface area (Å²) in [6.07, 6.45) is 6.54. The fourth-order valence-electron chi connectivity index (χ4n) is 2.00. The Morgan fingerprint density at radius 2 is 1.82 bits per heavy atom. The van der Waals surface area contributed by atoms with Gasteiger partial charge in [-0.2, -0.15) is 0 Å². The summed E-state index contributed by atoms with van der Waals surface area (Å²) >= 11 is 0. The van der Waals surface area contributed by atoms with Gasteiger partial charge in [-0.25, -0.2) is 0 Å². The Balaban J connectivity index is 3.50. The Kier molecular flexibility index (Phi) is 9.85. The van der Waals surface area contributed by atoms with E-state index in [1.165, 1.54) is 30.9 Å². The van der Waals surface area contributed by atoms with Crippen molar-refractivity contribution in [3.8, 4) is 0 Å². The zero-order valence-corrected chi connectivity index (χ0v) is 13.9. The van der Waals surface area contributed by atoms with E-state index in [4.69, 9.17) is 4.74 Å². The van der Waals surface area contributed by atoms with Gasteiger partial charge in [-0.3, -0.25) is 0 Å². The largest absolute Gasteiger partial charge is 0.379 e. The van der Waals surface area contributed by atoms with Gasteiger partial charge in [-0.15, -0.1) is 0 Å². The van der Waals surface area contributed by atoms with Gasteiger partial charge in [0.2, 0.25) is 0 Å². The molecular weight excluding hydrogens is 224 g/mol. The van der Waals surface area contributed by atoms with E-state index in [9.17, 15) is 0 Å². The molecule has 0 aliphatic rings. The molecular formula is C15H32OSi. The van der Waals surface area contributed by atoms with Gasteiger partial charge < -0.3 is 4.74 Å². The van der Waals surface area contributed by atoms with E-state index in [0.29, 0.717) is 6.10 Å². The van der Waals surface area contributed by atoms with Gasteiger partial charge >= 0.3 is 0 Å². The van der Waals surface area contributed by atoms with Crippen LogP contribution in [-0.2, 0) is 4.74 Å². The van der Waals surface area contributed by atoms with Crippen LogP contribution >= 0.6 is 0 Å². The van der Waals surface area contributed by atoms with E-state index in [0.717, 1.165) is 12.5 Å². The van der Waals surface area contributed by atoms with Crippen molar-refractivity contribution in [3.05, 3.63) is 11.6 Å². The predicted octanol–water partition coefficient (Wildman–Crippen LogP) is 4.65. The molecule has 0 bridgehead atoms. The average molecular weight is 257 g/mol. The number of allylic oxidation sites excluding steroid dienone is 2. The molecule has 0 aromatic rings. The number of ether oxygens (including phenoxy) is 1. The van der Waals surface area contributed by atoms with Crippen molar-refractivity contribution in [3.63, 3.8) is 0 Å². The lowest BCUT2D eigenvalue weighted by atomic mass is 10.0. The Labute approximate surface area is 110 Å². The van der Waals surface area contributed by atoms with Crippen molar-refractivity contribution < 1.29 is 4.74 Å². The maximum absolute atomic E-state index is 5.87. The third-order valence-corrected chi connectivity index (χ3v) is 4.64. The molecule has 17 heavy (non-hydrogen) atoms. The van der Waals surface area contributed by atoms with Crippen LogP contribution in [0, 0.1) is 5.92 Å². The fourth-order valence-corrected chi connectivity index (χ4v) is 3.47. The van der Waals surface area contributed by atoms with Crippen molar-refractivity contribution in [1.82, 2.24) is 0 Å². The number of hydrogen-bond acceptors (Lipinski definition) is 1. The van der Waals surface area contributed by atoms with Crippen LogP contribution in [0.25, 0.3) is 0 Å². The summed E-state index contributed by atoms with van der Waals surface area (Å²) in [6, 6.07) is 1.31. The molecule has 0 aliphatic carbocycles. The summed E-state index contributed by atoms with van der Waals surface area (Å²) in [6.45, 7) is 14.6. The zero-order chi connectivity index (χ0) is 13.3. The van der Waals surface area contributed by atoms with Gasteiger partial charge in [0.05, 0.1) is 6.10 Å². The molecule has 0 heterocycles. The van der Waals surface area contributed by atoms with Crippen LogP contribution in [0.3, 0.4) is 0 Å². The summed E-state index contributed by atoms with van der Waals surface area (Å²) < 4.78 is 5.87. The first-order valence-electron chi connectivity index (χ1n) is 7.16. The highest BCUT2D eigenvalue weighted by molar-refractivity contribution is 6.55. The molecule has 0 saturated heterocycles. The average Bonchev–Trinajstić information content (AvgIpc) is 2.15. The van der Waals surface area contributed by atoms with Gasteiger partial charge in [0, 0.05) is 15.4 Å². The highest BCUT2D eigenvalue weighted by atomic mass is 28.3. The molecule has 0 aliphatic heterocycles. The molecule has 0 saturated carbocycles. The SMILES string of the molecule is CC(C)=CCCC(C)CCOC(C)C[SiH](C)C. The standard InChI is InChI=1S/C15H32OSi/c1-13(2)8-7-9-14(3)10-11-16-15(4)12-17(5)6/h8,14-15,17H,7,9-12H2,1-6H3. The first kappa shape index (κ1) is 16.9. The van der Waals surface area contributed by atoms with E-state index in [2.05, 4.69) is 46.9 Å². The lowest BCUT2D eigenvalue weighted by Gasteiger charge is -2.16. The second-order valence-corrected chi connectivity index (χ2v) is 9.32. The van der Waals surface area contributed by atoms with Crippen LogP contribution < -0.4 is 0 Å². The molecule has 2 unspecified atom stereocenters. The molecule has 0 aromatic carbocycles. The van der Waals surface area contributed by atoms with E-state index < -0.39 is 8.80 Å². The molecule has 0 N–H and O–H groups in total. The molecule has 102 valence electrons.